The Bertz CT molecular complexity index is 134. The predicted molar refractivity (Wildman–Crippen MR) is 43.4 cm³/mol. The molecule has 2 unspecified atom stereocenters. The topological polar surface area (TPSA) is 6.02 Å². The molecule has 1 aliphatic rings. The van der Waals surface area contributed by atoms with Crippen molar-refractivity contribution in [3.8, 4) is 0 Å². The lowest BCUT2D eigenvalue weighted by Gasteiger charge is -2.21. The van der Waals surface area contributed by atoms with Gasteiger partial charge in [-0.05, 0) is 34.6 Å². The smallest absolute Gasteiger partial charge is 0.0951 e. The van der Waals surface area contributed by atoms with E-state index in [1.165, 1.54) is 0 Å². The molecule has 2 heteroatoms. The van der Waals surface area contributed by atoms with Crippen LogP contribution in [0.1, 0.15) is 34.6 Å². The molecule has 0 N–H and O–H groups in total. The second-order valence-electron chi connectivity index (χ2n) is 4.50. The quantitative estimate of drug-likeness (QED) is 0.475. The van der Waals surface area contributed by atoms with Crippen LogP contribution in [0.5, 0.6) is 0 Å². The van der Waals surface area contributed by atoms with E-state index >= 15 is 0 Å². The van der Waals surface area contributed by atoms with Gasteiger partial charge < -0.3 is 0 Å². The highest BCUT2D eigenvalue weighted by molar-refractivity contribution is 4.98. The second-order valence-corrected chi connectivity index (χ2v) is 4.50. The molecule has 10 heavy (non-hydrogen) atoms. The van der Waals surface area contributed by atoms with Crippen LogP contribution in [-0.4, -0.2) is 28.3 Å². The van der Waals surface area contributed by atoms with E-state index in [0.717, 1.165) is 0 Å². The first-order valence-corrected chi connectivity index (χ1v) is 3.82. The summed E-state index contributed by atoms with van der Waals surface area (Å²) in [4.78, 5) is 0. The maximum atomic E-state index is 2.38. The zero-order valence-electron chi connectivity index (χ0n) is 7.89. The minimum Gasteiger partial charge on any atom is -0.222 e. The molecule has 0 aromatic rings. The van der Waals surface area contributed by atoms with E-state index in [2.05, 4.69) is 51.7 Å². The van der Waals surface area contributed by atoms with Crippen molar-refractivity contribution in [3.63, 3.8) is 0 Å². The number of hydrogen-bond donors (Lipinski definition) is 0. The molecule has 0 aromatic heterocycles. The van der Waals surface area contributed by atoms with Crippen molar-refractivity contribution in [2.45, 2.75) is 45.8 Å². The molecular formula is C8H18N2. The summed E-state index contributed by atoms with van der Waals surface area (Å²) < 4.78 is 0. The molecule has 1 aliphatic heterocycles. The van der Waals surface area contributed by atoms with Gasteiger partial charge in [-0.2, -0.15) is 0 Å². The minimum absolute atomic E-state index is 0.276. The second kappa shape index (κ2) is 1.74. The van der Waals surface area contributed by atoms with Crippen LogP contribution in [0.2, 0.25) is 0 Å². The van der Waals surface area contributed by atoms with Gasteiger partial charge >= 0.3 is 0 Å². The summed E-state index contributed by atoms with van der Waals surface area (Å²) in [7, 11) is 2.13. The third kappa shape index (κ3) is 0.956. The van der Waals surface area contributed by atoms with Gasteiger partial charge in [-0.3, -0.25) is 0 Å². The van der Waals surface area contributed by atoms with Gasteiger partial charge in [-0.15, -0.1) is 0 Å². The fourth-order valence-electron chi connectivity index (χ4n) is 1.79. The Morgan fingerprint density at radius 1 is 1.10 bits per heavy atom. The summed E-state index contributed by atoms with van der Waals surface area (Å²) in [5.74, 6) is 0. The van der Waals surface area contributed by atoms with Crippen LogP contribution < -0.4 is 0 Å². The predicted octanol–water partition coefficient (Wildman–Crippen LogP) is 1.68. The van der Waals surface area contributed by atoms with Crippen LogP contribution in [0, 0.1) is 0 Å². The number of nitrogens with zero attached hydrogens (tertiary/aromatic N) is 2. The number of hydrazine groups is 1. The third-order valence-corrected chi connectivity index (χ3v) is 2.21. The molecule has 0 aliphatic carbocycles. The van der Waals surface area contributed by atoms with Crippen molar-refractivity contribution < 1.29 is 0 Å². The van der Waals surface area contributed by atoms with Crippen molar-refractivity contribution in [2.24, 2.45) is 0 Å². The first kappa shape index (κ1) is 8.02. The van der Waals surface area contributed by atoms with Gasteiger partial charge in [0, 0.05) is 12.6 Å². The minimum atomic E-state index is 0.276. The Kier molecular flexibility index (Phi) is 1.40. The van der Waals surface area contributed by atoms with E-state index in [1.54, 1.807) is 0 Å². The van der Waals surface area contributed by atoms with Crippen LogP contribution in [-0.2, 0) is 0 Å². The summed E-state index contributed by atoms with van der Waals surface area (Å²) >= 11 is 0. The van der Waals surface area contributed by atoms with Crippen molar-refractivity contribution >= 4 is 0 Å². The van der Waals surface area contributed by atoms with E-state index in [-0.39, 0.29) is 11.2 Å². The molecule has 0 radical (unpaired) electrons. The third-order valence-electron chi connectivity index (χ3n) is 2.21. The van der Waals surface area contributed by atoms with E-state index in [4.69, 9.17) is 0 Å². The molecule has 2 nitrogen and oxygen atoms in total. The monoisotopic (exact) mass is 142 g/mol. The Morgan fingerprint density at radius 2 is 1.40 bits per heavy atom. The van der Waals surface area contributed by atoms with Crippen molar-refractivity contribution in [1.29, 1.82) is 0 Å². The molecule has 0 aromatic carbocycles. The van der Waals surface area contributed by atoms with Gasteiger partial charge in [0.15, 0.2) is 0 Å². The zero-order valence-corrected chi connectivity index (χ0v) is 7.89. The maximum absolute atomic E-state index is 2.38. The Hall–Kier alpha value is -0.0800. The average Bonchev–Trinajstić information content (AvgIpc) is 2.03. The standard InChI is InChI=1S/C8H18N2/c1-7(2,3)10-8(4,5)9(10)6/h1-6H3. The lowest BCUT2D eigenvalue weighted by molar-refractivity contribution is 0.192. The molecule has 1 heterocycles. The molecule has 0 spiro atoms. The van der Waals surface area contributed by atoms with E-state index in [1.807, 2.05) is 0 Å². The van der Waals surface area contributed by atoms with Gasteiger partial charge in [0.05, 0.1) is 5.66 Å². The summed E-state index contributed by atoms with van der Waals surface area (Å²) in [6.07, 6.45) is 0. The van der Waals surface area contributed by atoms with Crippen LogP contribution in [0.15, 0.2) is 0 Å². The Morgan fingerprint density at radius 3 is 1.40 bits per heavy atom. The van der Waals surface area contributed by atoms with Crippen LogP contribution in [0.4, 0.5) is 0 Å². The molecule has 0 bridgehead atoms. The van der Waals surface area contributed by atoms with Gasteiger partial charge in [0.25, 0.3) is 0 Å². The highest BCUT2D eigenvalue weighted by Gasteiger charge is 2.55. The summed E-state index contributed by atoms with van der Waals surface area (Å²) in [5.41, 5.74) is 0.552. The van der Waals surface area contributed by atoms with Crippen molar-refractivity contribution in [1.82, 2.24) is 10.0 Å². The molecular weight excluding hydrogens is 124 g/mol. The van der Waals surface area contributed by atoms with Gasteiger partial charge in [-0.25, -0.2) is 10.0 Å². The molecule has 1 rings (SSSR count). The Labute approximate surface area is 63.8 Å². The molecule has 1 saturated heterocycles. The normalized spacial score (nSPS) is 37.8. The maximum Gasteiger partial charge on any atom is 0.0951 e. The fraction of sp³-hybridized carbons (Fsp3) is 1.00. The van der Waals surface area contributed by atoms with Crippen LogP contribution in [0.25, 0.3) is 0 Å². The SMILES string of the molecule is CN1N(C(C)(C)C)C1(C)C. The van der Waals surface area contributed by atoms with E-state index in [0.29, 0.717) is 0 Å². The molecule has 0 saturated carbocycles. The fourth-order valence-corrected chi connectivity index (χ4v) is 1.79. The zero-order chi connectivity index (χ0) is 8.15. The highest BCUT2D eigenvalue weighted by atomic mass is 15.9. The van der Waals surface area contributed by atoms with Crippen LogP contribution >= 0.6 is 0 Å². The Balaban J connectivity index is 2.66. The summed E-state index contributed by atoms with van der Waals surface area (Å²) in [5, 5.41) is 4.65. The van der Waals surface area contributed by atoms with Crippen molar-refractivity contribution in [3.05, 3.63) is 0 Å². The van der Waals surface area contributed by atoms with Gasteiger partial charge in [0.1, 0.15) is 0 Å². The van der Waals surface area contributed by atoms with E-state index in [9.17, 15) is 0 Å². The lowest BCUT2D eigenvalue weighted by Crippen LogP contribution is -2.30. The molecule has 0 amide bonds. The first-order chi connectivity index (χ1) is 4.28. The number of hydrogen-bond acceptors (Lipinski definition) is 2. The first-order valence-electron chi connectivity index (χ1n) is 3.82. The van der Waals surface area contributed by atoms with E-state index < -0.39 is 0 Å². The summed E-state index contributed by atoms with van der Waals surface area (Å²) in [6.45, 7) is 11.2. The molecule has 60 valence electrons. The van der Waals surface area contributed by atoms with Crippen molar-refractivity contribution in [2.75, 3.05) is 7.05 Å². The average molecular weight is 142 g/mol. The highest BCUT2D eigenvalue weighted by Crippen LogP contribution is 2.42. The number of rotatable bonds is 0. The van der Waals surface area contributed by atoms with Gasteiger partial charge in [0.2, 0.25) is 0 Å². The summed E-state index contributed by atoms with van der Waals surface area (Å²) in [6, 6.07) is 0. The van der Waals surface area contributed by atoms with Crippen LogP contribution in [0.3, 0.4) is 0 Å². The largest absolute Gasteiger partial charge is 0.222 e. The lowest BCUT2D eigenvalue weighted by atomic mass is 10.1. The molecule has 1 fully saturated rings. The molecule has 2 atom stereocenters. The van der Waals surface area contributed by atoms with Gasteiger partial charge in [-0.1, -0.05) is 0 Å².